The molecule has 1 atom stereocenters. The lowest BCUT2D eigenvalue weighted by Crippen LogP contribution is -2.47. The third-order valence-electron chi connectivity index (χ3n) is 2.95. The molecule has 0 saturated carbocycles. The van der Waals surface area contributed by atoms with E-state index in [1.807, 2.05) is 6.92 Å². The maximum Gasteiger partial charge on any atom is 0.326 e. The van der Waals surface area contributed by atoms with Gasteiger partial charge in [0, 0.05) is 19.5 Å². The summed E-state index contributed by atoms with van der Waals surface area (Å²) in [5.74, 6) is -2.34. The maximum atomic E-state index is 11.6. The number of hydrogen-bond acceptors (Lipinski definition) is 4. The van der Waals surface area contributed by atoms with E-state index in [1.165, 1.54) is 0 Å². The van der Waals surface area contributed by atoms with Crippen LogP contribution in [0, 0.1) is 0 Å². The molecule has 0 saturated heterocycles. The van der Waals surface area contributed by atoms with E-state index in [0.29, 0.717) is 13.1 Å². The third-order valence-corrected chi connectivity index (χ3v) is 2.95. The van der Waals surface area contributed by atoms with E-state index in [9.17, 15) is 14.4 Å². The smallest absolute Gasteiger partial charge is 0.326 e. The molecule has 0 aromatic heterocycles. The summed E-state index contributed by atoms with van der Waals surface area (Å²) in [4.78, 5) is 35.1. The largest absolute Gasteiger partial charge is 0.481 e. The Morgan fingerprint density at radius 2 is 1.81 bits per heavy atom. The van der Waals surface area contributed by atoms with Crippen LogP contribution in [-0.4, -0.2) is 65.3 Å². The van der Waals surface area contributed by atoms with Gasteiger partial charge in [-0.2, -0.15) is 0 Å². The average Bonchev–Trinajstić information content (AvgIpc) is 2.41. The van der Waals surface area contributed by atoms with Crippen molar-refractivity contribution in [1.29, 1.82) is 0 Å². The number of rotatable bonds is 11. The van der Waals surface area contributed by atoms with Crippen LogP contribution in [0.15, 0.2) is 0 Å². The molecule has 0 bridgehead atoms. The van der Waals surface area contributed by atoms with E-state index in [4.69, 9.17) is 10.2 Å². The van der Waals surface area contributed by atoms with Crippen molar-refractivity contribution in [3.05, 3.63) is 0 Å². The molecular weight excluding hydrogens is 278 g/mol. The molecule has 21 heavy (non-hydrogen) atoms. The summed E-state index contributed by atoms with van der Waals surface area (Å²) in [6.07, 6.45) is 0.572. The van der Waals surface area contributed by atoms with E-state index < -0.39 is 24.0 Å². The lowest BCUT2D eigenvalue weighted by Gasteiger charge is -2.20. The van der Waals surface area contributed by atoms with E-state index in [0.717, 1.165) is 19.5 Å². The summed E-state index contributed by atoms with van der Waals surface area (Å²) in [6, 6.07) is -1.79. The van der Waals surface area contributed by atoms with Crippen molar-refractivity contribution in [3.8, 4) is 0 Å². The summed E-state index contributed by atoms with van der Waals surface area (Å²) in [7, 11) is 0. The number of carboxylic acids is 2. The van der Waals surface area contributed by atoms with Gasteiger partial charge in [0.05, 0.1) is 0 Å². The normalized spacial score (nSPS) is 12.0. The van der Waals surface area contributed by atoms with Gasteiger partial charge >= 0.3 is 18.0 Å². The van der Waals surface area contributed by atoms with Crippen LogP contribution in [-0.2, 0) is 9.59 Å². The van der Waals surface area contributed by atoms with Gasteiger partial charge in [-0.15, -0.1) is 0 Å². The molecule has 4 N–H and O–H groups in total. The van der Waals surface area contributed by atoms with Gasteiger partial charge in [-0.3, -0.25) is 4.79 Å². The van der Waals surface area contributed by atoms with Gasteiger partial charge in [0.15, 0.2) is 0 Å². The van der Waals surface area contributed by atoms with Crippen molar-refractivity contribution < 1.29 is 24.6 Å². The van der Waals surface area contributed by atoms with Gasteiger partial charge in [0.25, 0.3) is 0 Å². The predicted molar refractivity (Wildman–Crippen MR) is 77.2 cm³/mol. The van der Waals surface area contributed by atoms with Gasteiger partial charge in [-0.25, -0.2) is 9.59 Å². The number of carboxylic acid groups (broad SMARTS) is 2. The second-order valence-corrected chi connectivity index (χ2v) is 4.66. The SMILES string of the molecule is CCCN(CC)CCNC(=O)NC(CCC(=O)O)C(=O)O. The maximum absolute atomic E-state index is 11.6. The lowest BCUT2D eigenvalue weighted by molar-refractivity contribution is -0.140. The molecule has 0 aromatic carbocycles. The molecule has 0 radical (unpaired) electrons. The van der Waals surface area contributed by atoms with Crippen LogP contribution >= 0.6 is 0 Å². The van der Waals surface area contributed by atoms with Crippen LogP contribution in [0.25, 0.3) is 0 Å². The molecule has 0 heterocycles. The fraction of sp³-hybridized carbons (Fsp3) is 0.769. The number of likely N-dealkylation sites (N-methyl/N-ethyl adjacent to an activating group) is 1. The molecule has 0 aromatic rings. The lowest BCUT2D eigenvalue weighted by atomic mass is 10.1. The highest BCUT2D eigenvalue weighted by molar-refractivity contribution is 5.82. The van der Waals surface area contributed by atoms with E-state index >= 15 is 0 Å². The second kappa shape index (κ2) is 10.9. The monoisotopic (exact) mass is 303 g/mol. The van der Waals surface area contributed by atoms with Crippen molar-refractivity contribution in [2.45, 2.75) is 39.2 Å². The van der Waals surface area contributed by atoms with E-state index in [1.54, 1.807) is 0 Å². The molecule has 0 fully saturated rings. The number of carbonyl (C=O) groups excluding carboxylic acids is 1. The molecule has 0 aliphatic heterocycles. The molecule has 0 rings (SSSR count). The van der Waals surface area contributed by atoms with E-state index in [-0.39, 0.29) is 12.8 Å². The third kappa shape index (κ3) is 9.67. The van der Waals surface area contributed by atoms with Gasteiger partial charge in [-0.05, 0) is 25.9 Å². The van der Waals surface area contributed by atoms with Crippen molar-refractivity contribution in [3.63, 3.8) is 0 Å². The van der Waals surface area contributed by atoms with Crippen LogP contribution in [0.2, 0.25) is 0 Å². The summed E-state index contributed by atoms with van der Waals surface area (Å²) < 4.78 is 0. The minimum atomic E-state index is -1.24. The molecule has 0 aliphatic carbocycles. The van der Waals surface area contributed by atoms with Crippen molar-refractivity contribution >= 4 is 18.0 Å². The van der Waals surface area contributed by atoms with Gasteiger partial charge in [0.1, 0.15) is 6.04 Å². The number of amides is 2. The Bertz CT molecular complexity index is 349. The molecule has 1 unspecified atom stereocenters. The number of hydrogen-bond donors (Lipinski definition) is 4. The van der Waals surface area contributed by atoms with Crippen LogP contribution in [0.1, 0.15) is 33.1 Å². The van der Waals surface area contributed by atoms with Gasteiger partial charge < -0.3 is 25.7 Å². The zero-order chi connectivity index (χ0) is 16.3. The molecule has 8 nitrogen and oxygen atoms in total. The summed E-state index contributed by atoms with van der Waals surface area (Å²) >= 11 is 0. The highest BCUT2D eigenvalue weighted by atomic mass is 16.4. The molecular formula is C13H25N3O5. The fourth-order valence-corrected chi connectivity index (χ4v) is 1.81. The molecule has 0 aliphatic rings. The zero-order valence-electron chi connectivity index (χ0n) is 12.6. The first-order chi connectivity index (χ1) is 9.90. The van der Waals surface area contributed by atoms with Crippen LogP contribution < -0.4 is 10.6 Å². The first-order valence-electron chi connectivity index (χ1n) is 7.12. The Morgan fingerprint density at radius 3 is 2.29 bits per heavy atom. The summed E-state index contributed by atoms with van der Waals surface area (Å²) in [5, 5.41) is 22.3. The Kier molecular flexibility index (Phi) is 9.95. The highest BCUT2D eigenvalue weighted by Gasteiger charge is 2.20. The Hall–Kier alpha value is -1.83. The minimum Gasteiger partial charge on any atom is -0.481 e. The molecule has 2 amide bonds. The second-order valence-electron chi connectivity index (χ2n) is 4.66. The quantitative estimate of drug-likeness (QED) is 0.437. The van der Waals surface area contributed by atoms with Crippen molar-refractivity contribution in [2.24, 2.45) is 0 Å². The number of nitrogens with one attached hydrogen (secondary N) is 2. The molecule has 8 heteroatoms. The van der Waals surface area contributed by atoms with Crippen LogP contribution in [0.5, 0.6) is 0 Å². The highest BCUT2D eigenvalue weighted by Crippen LogP contribution is 1.98. The van der Waals surface area contributed by atoms with Crippen LogP contribution in [0.3, 0.4) is 0 Å². The Balaban J connectivity index is 4.08. The van der Waals surface area contributed by atoms with E-state index in [2.05, 4.69) is 22.5 Å². The predicted octanol–water partition coefficient (Wildman–Crippen LogP) is 0.336. The average molecular weight is 303 g/mol. The number of carbonyl (C=O) groups is 3. The first kappa shape index (κ1) is 19.2. The summed E-state index contributed by atoms with van der Waals surface area (Å²) in [6.45, 7) is 7.02. The Labute approximate surface area is 124 Å². The summed E-state index contributed by atoms with van der Waals surface area (Å²) in [5.41, 5.74) is 0. The van der Waals surface area contributed by atoms with Gasteiger partial charge in [-0.1, -0.05) is 13.8 Å². The number of urea groups is 1. The Morgan fingerprint density at radius 1 is 1.14 bits per heavy atom. The standard InChI is InChI=1S/C13H25N3O5/c1-3-8-16(4-2)9-7-14-13(21)15-10(12(19)20)5-6-11(17)18/h10H,3-9H2,1-2H3,(H,17,18)(H,19,20)(H2,14,15,21). The number of aliphatic carboxylic acids is 2. The molecule has 0 spiro atoms. The molecule has 122 valence electrons. The van der Waals surface area contributed by atoms with Crippen molar-refractivity contribution in [1.82, 2.24) is 15.5 Å². The number of nitrogens with zero attached hydrogens (tertiary/aromatic N) is 1. The minimum absolute atomic E-state index is 0.144. The van der Waals surface area contributed by atoms with Crippen molar-refractivity contribution in [2.75, 3.05) is 26.2 Å². The fourth-order valence-electron chi connectivity index (χ4n) is 1.81. The topological polar surface area (TPSA) is 119 Å². The van der Waals surface area contributed by atoms with Gasteiger partial charge in [0.2, 0.25) is 0 Å². The first-order valence-corrected chi connectivity index (χ1v) is 7.12. The van der Waals surface area contributed by atoms with Crippen LogP contribution in [0.4, 0.5) is 4.79 Å². The zero-order valence-corrected chi connectivity index (χ0v) is 12.6.